The Labute approximate surface area is 217 Å². The van der Waals surface area contributed by atoms with Gasteiger partial charge >= 0.3 is 0 Å². The van der Waals surface area contributed by atoms with Crippen molar-refractivity contribution in [2.45, 2.75) is 69.7 Å². The average Bonchev–Trinajstić information content (AvgIpc) is 2.91. The van der Waals surface area contributed by atoms with Crippen LogP contribution in [0.15, 0.2) is 56.5 Å². The molecule has 1 aromatic heterocycles. The van der Waals surface area contributed by atoms with Gasteiger partial charge in [-0.25, -0.2) is 0 Å². The molecule has 1 amide bonds. The van der Waals surface area contributed by atoms with Crippen LogP contribution in [0.5, 0.6) is 0 Å². The average molecular weight is 512 g/mol. The first kappa shape index (κ1) is 26.6. The smallest absolute Gasteiger partial charge is 0.274 e. The summed E-state index contributed by atoms with van der Waals surface area (Å²) in [5, 5.41) is 14.9. The molecule has 200 valence electrons. The Kier molecular flexibility index (Phi) is 8.45. The van der Waals surface area contributed by atoms with Gasteiger partial charge in [0, 0.05) is 46.3 Å². The Hall–Kier alpha value is -3.44. The van der Waals surface area contributed by atoms with E-state index in [0.717, 1.165) is 38.5 Å². The lowest BCUT2D eigenvalue weighted by Crippen LogP contribution is -2.52. The van der Waals surface area contributed by atoms with Crippen molar-refractivity contribution in [3.05, 3.63) is 52.0 Å². The second-order valence-corrected chi connectivity index (χ2v) is 9.56. The third kappa shape index (κ3) is 5.62. The number of anilines is 1. The molecule has 4 atom stereocenters. The number of nitrogens with zero attached hydrogens (tertiary/aromatic N) is 4. The van der Waals surface area contributed by atoms with E-state index in [9.17, 15) is 9.59 Å². The standard InChI is InChI=1S/C26H37N7O4/c1-16(25(34)30-19-11-12-21(19)37-5)24-31-22(15-23(27-2)33(24)28-3)29-20-10-7-13-32(26(20)35)17-8-6-9-18(14-17)36-4/h7,10,13,15,17-19,21,29,31H,3,6,8-9,11-12,14H2,1-2,4-5H3,(H,30,34)/b24-16+,27-23?/t17-,18+,19-,21-/m1/s1. The number of hydrazone groups is 1. The Morgan fingerprint density at radius 1 is 1.22 bits per heavy atom. The van der Waals surface area contributed by atoms with Gasteiger partial charge in [0.2, 0.25) is 0 Å². The van der Waals surface area contributed by atoms with Gasteiger partial charge in [0.15, 0.2) is 5.84 Å². The fourth-order valence-corrected chi connectivity index (χ4v) is 5.07. The predicted molar refractivity (Wildman–Crippen MR) is 143 cm³/mol. The van der Waals surface area contributed by atoms with Gasteiger partial charge < -0.3 is 30.0 Å². The van der Waals surface area contributed by atoms with Crippen LogP contribution in [0, 0.1) is 0 Å². The summed E-state index contributed by atoms with van der Waals surface area (Å²) in [6.45, 7) is 5.35. The minimum absolute atomic E-state index is 0.0168. The number of hydrogen-bond donors (Lipinski definition) is 3. The number of ether oxygens (including phenoxy) is 2. The number of carbonyl (C=O) groups is 1. The lowest BCUT2D eigenvalue weighted by Gasteiger charge is -2.36. The van der Waals surface area contributed by atoms with Crippen LogP contribution in [-0.2, 0) is 14.3 Å². The van der Waals surface area contributed by atoms with Gasteiger partial charge in [0.1, 0.15) is 17.3 Å². The second-order valence-electron chi connectivity index (χ2n) is 9.56. The third-order valence-electron chi connectivity index (χ3n) is 7.42. The predicted octanol–water partition coefficient (Wildman–Crippen LogP) is 2.31. The number of aliphatic imine (C=N–C) groups is 1. The van der Waals surface area contributed by atoms with Crippen LogP contribution < -0.4 is 21.5 Å². The van der Waals surface area contributed by atoms with Crippen LogP contribution in [-0.4, -0.2) is 67.6 Å². The zero-order valence-electron chi connectivity index (χ0n) is 22.0. The summed E-state index contributed by atoms with van der Waals surface area (Å²) in [7, 11) is 5.00. The molecule has 2 fully saturated rings. The molecule has 0 radical (unpaired) electrons. The Morgan fingerprint density at radius 3 is 2.68 bits per heavy atom. The SMILES string of the molecule is C=NN1C(=NC)C=C(Nc2cccn([C@@H]3CCC[C@H](OC)C3)c2=O)N/C1=C(/C)C(=O)N[C@@H]1CC[C@H]1OC. The maximum Gasteiger partial charge on any atom is 0.274 e. The van der Waals surface area contributed by atoms with Crippen molar-refractivity contribution in [2.75, 3.05) is 26.6 Å². The molecule has 0 spiro atoms. The molecular formula is C26H37N7O4. The third-order valence-corrected chi connectivity index (χ3v) is 7.42. The van der Waals surface area contributed by atoms with Crippen molar-refractivity contribution in [1.82, 2.24) is 20.2 Å². The van der Waals surface area contributed by atoms with Crippen LogP contribution in [0.3, 0.4) is 0 Å². The van der Waals surface area contributed by atoms with E-state index in [0.29, 0.717) is 28.7 Å². The highest BCUT2D eigenvalue weighted by atomic mass is 16.5. The van der Waals surface area contributed by atoms with Crippen LogP contribution in [0.25, 0.3) is 0 Å². The highest BCUT2D eigenvalue weighted by Crippen LogP contribution is 2.29. The number of methoxy groups -OCH3 is 2. The first-order valence-electron chi connectivity index (χ1n) is 12.7. The van der Waals surface area contributed by atoms with Crippen molar-refractivity contribution >= 4 is 24.1 Å². The van der Waals surface area contributed by atoms with E-state index < -0.39 is 0 Å². The number of pyridine rings is 1. The Bertz CT molecular complexity index is 1170. The molecule has 11 heteroatoms. The van der Waals surface area contributed by atoms with Crippen LogP contribution in [0.1, 0.15) is 51.5 Å². The summed E-state index contributed by atoms with van der Waals surface area (Å²) < 4.78 is 12.7. The summed E-state index contributed by atoms with van der Waals surface area (Å²) in [6.07, 6.45) is 9.27. The molecule has 0 saturated heterocycles. The number of rotatable bonds is 8. The molecule has 3 aliphatic rings. The zero-order valence-corrected chi connectivity index (χ0v) is 22.0. The van der Waals surface area contributed by atoms with Gasteiger partial charge in [0.05, 0.1) is 23.8 Å². The number of amidine groups is 1. The monoisotopic (exact) mass is 511 g/mol. The maximum atomic E-state index is 13.4. The van der Waals surface area contributed by atoms with Gasteiger partial charge in [-0.15, -0.1) is 0 Å². The fourth-order valence-electron chi connectivity index (χ4n) is 5.07. The Balaban J connectivity index is 1.58. The van der Waals surface area contributed by atoms with Crippen molar-refractivity contribution in [2.24, 2.45) is 10.1 Å². The lowest BCUT2D eigenvalue weighted by atomic mass is 9.89. The number of carbonyl (C=O) groups excluding carboxylic acids is 1. The van der Waals surface area contributed by atoms with E-state index in [4.69, 9.17) is 9.47 Å². The van der Waals surface area contributed by atoms with Gasteiger partial charge in [0.25, 0.3) is 11.5 Å². The van der Waals surface area contributed by atoms with E-state index in [1.54, 1.807) is 44.9 Å². The van der Waals surface area contributed by atoms with Crippen LogP contribution in [0.2, 0.25) is 0 Å². The van der Waals surface area contributed by atoms with E-state index in [1.165, 1.54) is 5.01 Å². The molecule has 1 aliphatic heterocycles. The quantitative estimate of drug-likeness (QED) is 0.362. The van der Waals surface area contributed by atoms with Crippen molar-refractivity contribution in [3.63, 3.8) is 0 Å². The van der Waals surface area contributed by atoms with Gasteiger partial charge in [-0.1, -0.05) is 0 Å². The van der Waals surface area contributed by atoms with Crippen molar-refractivity contribution < 1.29 is 14.3 Å². The largest absolute Gasteiger partial charge is 0.381 e. The molecule has 11 nitrogen and oxygen atoms in total. The molecule has 37 heavy (non-hydrogen) atoms. The summed E-state index contributed by atoms with van der Waals surface area (Å²) in [6, 6.07) is 3.65. The number of amides is 1. The second kappa shape index (κ2) is 11.7. The molecule has 0 bridgehead atoms. The first-order chi connectivity index (χ1) is 17.9. The first-order valence-corrected chi connectivity index (χ1v) is 12.7. The maximum absolute atomic E-state index is 13.4. The number of hydrogen-bond acceptors (Lipinski definition) is 8. The van der Waals surface area contributed by atoms with Crippen molar-refractivity contribution in [1.29, 1.82) is 0 Å². The van der Waals surface area contributed by atoms with Gasteiger partial charge in [-0.05, 0) is 57.6 Å². The van der Waals surface area contributed by atoms with Gasteiger partial charge in [-0.2, -0.15) is 10.1 Å². The topological polar surface area (TPSA) is 122 Å². The molecule has 0 aromatic carbocycles. The molecule has 2 heterocycles. The van der Waals surface area contributed by atoms with E-state index in [1.807, 2.05) is 12.3 Å². The normalized spacial score (nSPS) is 28.1. The summed E-state index contributed by atoms with van der Waals surface area (Å²) in [4.78, 5) is 30.8. The number of aromatic nitrogens is 1. The summed E-state index contributed by atoms with van der Waals surface area (Å²) in [5.74, 6) is 1.11. The molecule has 3 N–H and O–H groups in total. The molecule has 2 aliphatic carbocycles. The summed E-state index contributed by atoms with van der Waals surface area (Å²) >= 11 is 0. The molecule has 0 unspecified atom stereocenters. The molecule has 2 saturated carbocycles. The number of nitrogens with one attached hydrogen (secondary N) is 3. The van der Waals surface area contributed by atoms with E-state index in [-0.39, 0.29) is 35.8 Å². The zero-order chi connectivity index (χ0) is 26.5. The van der Waals surface area contributed by atoms with Crippen molar-refractivity contribution in [3.8, 4) is 0 Å². The van der Waals surface area contributed by atoms with E-state index >= 15 is 0 Å². The van der Waals surface area contributed by atoms with Crippen LogP contribution >= 0.6 is 0 Å². The van der Waals surface area contributed by atoms with Crippen LogP contribution in [0.4, 0.5) is 5.69 Å². The fraction of sp³-hybridized carbons (Fsp3) is 0.538. The highest BCUT2D eigenvalue weighted by Gasteiger charge is 2.34. The molecular weight excluding hydrogens is 474 g/mol. The summed E-state index contributed by atoms with van der Waals surface area (Å²) in [5.41, 5.74) is 0.693. The molecule has 4 rings (SSSR count). The van der Waals surface area contributed by atoms with E-state index in [2.05, 4.69) is 32.8 Å². The Morgan fingerprint density at radius 2 is 2.03 bits per heavy atom. The minimum atomic E-state index is -0.244. The van der Waals surface area contributed by atoms with Gasteiger partial charge in [-0.3, -0.25) is 14.6 Å². The lowest BCUT2D eigenvalue weighted by molar-refractivity contribution is -0.120. The highest BCUT2D eigenvalue weighted by molar-refractivity contribution is 5.99. The minimum Gasteiger partial charge on any atom is -0.381 e. The molecule has 1 aromatic rings.